The maximum Gasteiger partial charge on any atom is 0.318 e. The Bertz CT molecular complexity index is 724. The highest BCUT2D eigenvalue weighted by molar-refractivity contribution is 7.98. The lowest BCUT2D eigenvalue weighted by molar-refractivity contribution is -0.771. The summed E-state index contributed by atoms with van der Waals surface area (Å²) in [4.78, 5) is 14.4. The molecular weight excluding hydrogens is 348 g/mol. The normalized spacial score (nSPS) is 20.2. The Hall–Kier alpha value is -2.02. The summed E-state index contributed by atoms with van der Waals surface area (Å²) in [5.41, 5.74) is 1.51. The van der Waals surface area contributed by atoms with Crippen molar-refractivity contribution in [2.75, 3.05) is 16.1 Å². The van der Waals surface area contributed by atoms with Crippen molar-refractivity contribution in [2.24, 2.45) is 0 Å². The molecule has 1 N–H and O–H groups in total. The van der Waals surface area contributed by atoms with Gasteiger partial charge >= 0.3 is 11.6 Å². The van der Waals surface area contributed by atoms with Gasteiger partial charge in [0.25, 0.3) is 5.91 Å². The second kappa shape index (κ2) is 8.58. The van der Waals surface area contributed by atoms with Crippen molar-refractivity contribution in [1.82, 2.24) is 5.27 Å². The molecule has 1 saturated heterocycles. The number of carbonyl (C=O) groups is 1. The Morgan fingerprint density at radius 2 is 2.00 bits per heavy atom. The van der Waals surface area contributed by atoms with Gasteiger partial charge in [-0.05, 0) is 51.0 Å². The summed E-state index contributed by atoms with van der Waals surface area (Å²) >= 11 is 1.78. The van der Waals surface area contributed by atoms with Gasteiger partial charge in [-0.2, -0.15) is 11.8 Å². The van der Waals surface area contributed by atoms with Gasteiger partial charge in [0.15, 0.2) is 0 Å². The fourth-order valence-corrected chi connectivity index (χ4v) is 4.06. The summed E-state index contributed by atoms with van der Waals surface area (Å²) in [6.07, 6.45) is 3.50. The maximum atomic E-state index is 12.5. The monoisotopic (exact) mass is 375 g/mol. The molecule has 6 nitrogen and oxygen atoms in total. The predicted octanol–water partition coefficient (Wildman–Crippen LogP) is 3.37. The van der Waals surface area contributed by atoms with E-state index in [4.69, 9.17) is 4.52 Å². The largest absolute Gasteiger partial charge is 0.318 e. The molecule has 1 aliphatic rings. The van der Waals surface area contributed by atoms with E-state index in [-0.39, 0.29) is 5.91 Å². The Balaban J connectivity index is 1.88. The van der Waals surface area contributed by atoms with Crippen molar-refractivity contribution in [3.63, 3.8) is 0 Å². The standard InChI is InChI=1S/C19H26N4O2S/c1-4-26-13-17-19(20-18(24)16-11-6-5-7-12-16)25-21-23(17)22-14(2)9-8-10-15(22)3/h5-7,11-12,14-15H,4,8-10,13H2,1-3H3/p+1. The molecule has 2 atom stereocenters. The summed E-state index contributed by atoms with van der Waals surface area (Å²) < 4.78 is 5.56. The van der Waals surface area contributed by atoms with Crippen LogP contribution in [0, 0.1) is 0 Å². The number of piperidine rings is 1. The van der Waals surface area contributed by atoms with Crippen molar-refractivity contribution in [2.45, 2.75) is 57.9 Å². The zero-order chi connectivity index (χ0) is 18.5. The third-order valence-electron chi connectivity index (χ3n) is 4.78. The number of aromatic nitrogens is 2. The van der Waals surface area contributed by atoms with Crippen LogP contribution in [0.5, 0.6) is 0 Å². The molecule has 140 valence electrons. The lowest BCUT2D eigenvalue weighted by Gasteiger charge is -2.32. The van der Waals surface area contributed by atoms with Gasteiger partial charge in [0.05, 0.1) is 22.6 Å². The fourth-order valence-electron chi connectivity index (χ4n) is 3.42. The quantitative estimate of drug-likeness (QED) is 0.785. The molecule has 0 spiro atoms. The first-order chi connectivity index (χ1) is 12.6. The smallest absolute Gasteiger partial charge is 0.284 e. The Kier molecular flexibility index (Phi) is 6.19. The van der Waals surface area contributed by atoms with E-state index < -0.39 is 0 Å². The average Bonchev–Trinajstić information content (AvgIpc) is 3.02. The van der Waals surface area contributed by atoms with E-state index in [0.717, 1.165) is 30.0 Å². The lowest BCUT2D eigenvalue weighted by Crippen LogP contribution is -2.69. The van der Waals surface area contributed by atoms with Crippen LogP contribution in [-0.2, 0) is 5.75 Å². The van der Waals surface area contributed by atoms with Crippen LogP contribution < -0.4 is 15.1 Å². The van der Waals surface area contributed by atoms with E-state index in [1.807, 2.05) is 23.0 Å². The third kappa shape index (κ3) is 4.03. The number of nitrogens with zero attached hydrogens (tertiary/aromatic N) is 3. The SMILES string of the molecule is CCSCc1c(NC(=O)c2ccccc2)on[n+]1N1C(C)CCCC1C. The molecule has 0 aliphatic carbocycles. The summed E-state index contributed by atoms with van der Waals surface area (Å²) in [6, 6.07) is 9.93. The van der Waals surface area contributed by atoms with E-state index >= 15 is 0 Å². The molecule has 2 unspecified atom stereocenters. The van der Waals surface area contributed by atoms with E-state index in [0.29, 0.717) is 23.5 Å². The first-order valence-corrected chi connectivity index (χ1v) is 10.4. The minimum atomic E-state index is -0.184. The van der Waals surface area contributed by atoms with Crippen LogP contribution in [-0.4, -0.2) is 29.0 Å². The minimum Gasteiger partial charge on any atom is -0.284 e. The van der Waals surface area contributed by atoms with Gasteiger partial charge in [-0.25, -0.2) is 0 Å². The Labute approximate surface area is 158 Å². The third-order valence-corrected chi connectivity index (χ3v) is 5.67. The van der Waals surface area contributed by atoms with Gasteiger partial charge in [-0.1, -0.05) is 25.1 Å². The van der Waals surface area contributed by atoms with Crippen LogP contribution in [0.2, 0.25) is 0 Å². The first kappa shape index (κ1) is 18.8. The van der Waals surface area contributed by atoms with E-state index in [1.54, 1.807) is 23.9 Å². The summed E-state index contributed by atoms with van der Waals surface area (Å²) in [5, 5.41) is 9.45. The first-order valence-electron chi connectivity index (χ1n) is 9.25. The Morgan fingerprint density at radius 3 is 2.65 bits per heavy atom. The number of anilines is 1. The van der Waals surface area contributed by atoms with Crippen LogP contribution in [0.3, 0.4) is 0 Å². The van der Waals surface area contributed by atoms with Gasteiger partial charge in [-0.15, -0.1) is 5.01 Å². The molecule has 1 aromatic carbocycles. The second-order valence-electron chi connectivity index (χ2n) is 6.70. The molecule has 1 fully saturated rings. The topological polar surface area (TPSA) is 62.3 Å². The van der Waals surface area contributed by atoms with Gasteiger partial charge in [-0.3, -0.25) is 14.6 Å². The molecule has 0 saturated carbocycles. The predicted molar refractivity (Wildman–Crippen MR) is 104 cm³/mol. The van der Waals surface area contributed by atoms with Gasteiger partial charge < -0.3 is 0 Å². The maximum absolute atomic E-state index is 12.5. The highest BCUT2D eigenvalue weighted by Crippen LogP contribution is 2.23. The second-order valence-corrected chi connectivity index (χ2v) is 7.98. The summed E-state index contributed by atoms with van der Waals surface area (Å²) in [5.74, 6) is 1.98. The molecule has 1 amide bonds. The van der Waals surface area contributed by atoms with Crippen molar-refractivity contribution < 1.29 is 14.1 Å². The zero-order valence-corrected chi connectivity index (χ0v) is 16.5. The van der Waals surface area contributed by atoms with Crippen molar-refractivity contribution in [3.05, 3.63) is 41.6 Å². The highest BCUT2D eigenvalue weighted by Gasteiger charge is 2.38. The van der Waals surface area contributed by atoms with Gasteiger partial charge in [0, 0.05) is 5.56 Å². The van der Waals surface area contributed by atoms with Gasteiger partial charge in [0.1, 0.15) is 0 Å². The molecular formula is C19H27N4O2S+. The lowest BCUT2D eigenvalue weighted by atomic mass is 10.00. The zero-order valence-electron chi connectivity index (χ0n) is 15.6. The van der Waals surface area contributed by atoms with E-state index in [2.05, 4.69) is 36.4 Å². The molecule has 0 radical (unpaired) electrons. The molecule has 7 heteroatoms. The summed E-state index contributed by atoms with van der Waals surface area (Å²) in [7, 11) is 0. The molecule has 2 heterocycles. The highest BCUT2D eigenvalue weighted by atomic mass is 32.2. The molecule has 1 aliphatic heterocycles. The molecule has 2 aromatic rings. The number of benzene rings is 1. The van der Waals surface area contributed by atoms with E-state index in [1.165, 1.54) is 6.42 Å². The van der Waals surface area contributed by atoms with E-state index in [9.17, 15) is 4.79 Å². The number of thioether (sulfide) groups is 1. The molecule has 1 aromatic heterocycles. The molecule has 0 bridgehead atoms. The minimum absolute atomic E-state index is 0.184. The number of rotatable bonds is 6. The van der Waals surface area contributed by atoms with Crippen molar-refractivity contribution in [1.29, 1.82) is 0 Å². The van der Waals surface area contributed by atoms with Crippen molar-refractivity contribution in [3.8, 4) is 0 Å². The fraction of sp³-hybridized carbons (Fsp3) is 0.526. The summed E-state index contributed by atoms with van der Waals surface area (Å²) in [6.45, 7) is 6.56. The number of carbonyl (C=O) groups excluding carboxylic acids is 1. The molecule has 26 heavy (non-hydrogen) atoms. The number of hydrogen-bond acceptors (Lipinski definition) is 5. The number of hydrogen-bond donors (Lipinski definition) is 1. The van der Waals surface area contributed by atoms with Crippen LogP contribution in [0.25, 0.3) is 0 Å². The van der Waals surface area contributed by atoms with Crippen LogP contribution in [0.15, 0.2) is 34.9 Å². The van der Waals surface area contributed by atoms with Crippen molar-refractivity contribution >= 4 is 23.6 Å². The van der Waals surface area contributed by atoms with Gasteiger partial charge in [0.2, 0.25) is 5.27 Å². The Morgan fingerprint density at radius 1 is 1.31 bits per heavy atom. The van der Waals surface area contributed by atoms with Crippen LogP contribution in [0.1, 0.15) is 56.1 Å². The number of amides is 1. The number of nitrogens with one attached hydrogen (secondary N) is 1. The van der Waals surface area contributed by atoms with Crippen LogP contribution in [0.4, 0.5) is 5.88 Å². The van der Waals surface area contributed by atoms with Crippen LogP contribution >= 0.6 is 11.8 Å². The average molecular weight is 376 g/mol. The molecule has 3 rings (SSSR count).